The highest BCUT2D eigenvalue weighted by Crippen LogP contribution is 2.32. The molecule has 0 bridgehead atoms. The number of hydrogen-bond donors (Lipinski definition) is 1. The van der Waals surface area contributed by atoms with Crippen molar-refractivity contribution in [3.05, 3.63) is 59.9 Å². The summed E-state index contributed by atoms with van der Waals surface area (Å²) in [7, 11) is 0. The standard InChI is InChI=1S/C27H29FN4O3/c28-20-8-10-23-22(18-20)21(25(29-23)19-6-2-1-3-7-19)9-11-24(33)30-14-16-32(17-15-30)27(35)26(34)31-12-4-5-13-31/h1-3,6-8,10,18,29H,4-5,9,11-17H2. The van der Waals surface area contributed by atoms with E-state index in [4.69, 9.17) is 0 Å². The number of carbonyl (C=O) groups is 3. The van der Waals surface area contributed by atoms with Crippen LogP contribution in [-0.2, 0) is 20.8 Å². The maximum Gasteiger partial charge on any atom is 0.312 e. The van der Waals surface area contributed by atoms with Gasteiger partial charge in [-0.15, -0.1) is 0 Å². The fourth-order valence-electron chi connectivity index (χ4n) is 5.07. The second-order valence-corrected chi connectivity index (χ2v) is 9.21. The third-order valence-corrected chi connectivity index (χ3v) is 7.02. The number of fused-ring (bicyclic) bond motifs is 1. The molecule has 0 aliphatic carbocycles. The maximum absolute atomic E-state index is 14.0. The molecular formula is C27H29FN4O3. The summed E-state index contributed by atoms with van der Waals surface area (Å²) in [6.45, 7) is 2.82. The Balaban J connectivity index is 1.24. The molecule has 2 aliphatic heterocycles. The van der Waals surface area contributed by atoms with Crippen LogP contribution < -0.4 is 0 Å². The van der Waals surface area contributed by atoms with E-state index in [-0.39, 0.29) is 18.1 Å². The number of amides is 3. The molecule has 3 aromatic rings. The van der Waals surface area contributed by atoms with Gasteiger partial charge in [0.05, 0.1) is 0 Å². The zero-order valence-electron chi connectivity index (χ0n) is 19.6. The molecule has 0 saturated carbocycles. The van der Waals surface area contributed by atoms with Gasteiger partial charge >= 0.3 is 11.8 Å². The van der Waals surface area contributed by atoms with E-state index >= 15 is 0 Å². The van der Waals surface area contributed by atoms with Gasteiger partial charge in [-0.05, 0) is 48.6 Å². The van der Waals surface area contributed by atoms with Crippen LogP contribution in [0, 0.1) is 5.82 Å². The summed E-state index contributed by atoms with van der Waals surface area (Å²) in [5, 5.41) is 0.785. The van der Waals surface area contributed by atoms with Gasteiger partial charge in [0.25, 0.3) is 0 Å². The Morgan fingerprint density at radius 1 is 0.800 bits per heavy atom. The molecule has 1 N–H and O–H groups in total. The summed E-state index contributed by atoms with van der Waals surface area (Å²) < 4.78 is 14.0. The average molecular weight is 477 g/mol. The Bertz CT molecular complexity index is 1240. The zero-order valence-corrected chi connectivity index (χ0v) is 19.6. The van der Waals surface area contributed by atoms with Crippen LogP contribution in [-0.4, -0.2) is 76.7 Å². The molecule has 0 unspecified atom stereocenters. The third kappa shape index (κ3) is 4.78. The van der Waals surface area contributed by atoms with Crippen LogP contribution in [0.5, 0.6) is 0 Å². The van der Waals surface area contributed by atoms with Gasteiger partial charge in [-0.1, -0.05) is 30.3 Å². The second-order valence-electron chi connectivity index (χ2n) is 9.21. The van der Waals surface area contributed by atoms with Crippen molar-refractivity contribution < 1.29 is 18.8 Å². The van der Waals surface area contributed by atoms with E-state index in [2.05, 4.69) is 4.98 Å². The van der Waals surface area contributed by atoms with Gasteiger partial charge in [-0.25, -0.2) is 4.39 Å². The summed E-state index contributed by atoms with van der Waals surface area (Å²) in [4.78, 5) is 46.3. The van der Waals surface area contributed by atoms with Crippen molar-refractivity contribution >= 4 is 28.6 Å². The van der Waals surface area contributed by atoms with E-state index < -0.39 is 11.8 Å². The molecule has 1 aromatic heterocycles. The smallest absolute Gasteiger partial charge is 0.312 e. The molecule has 182 valence electrons. The number of carbonyl (C=O) groups excluding carboxylic acids is 3. The van der Waals surface area contributed by atoms with E-state index in [0.29, 0.717) is 45.7 Å². The first-order valence-electron chi connectivity index (χ1n) is 12.2. The van der Waals surface area contributed by atoms with Gasteiger partial charge in [0.2, 0.25) is 5.91 Å². The second kappa shape index (κ2) is 9.90. The van der Waals surface area contributed by atoms with Crippen LogP contribution in [0.3, 0.4) is 0 Å². The summed E-state index contributed by atoms with van der Waals surface area (Å²) in [5.41, 5.74) is 3.64. The number of rotatable bonds is 4. The number of aromatic amines is 1. The number of hydrogen-bond acceptors (Lipinski definition) is 3. The number of nitrogens with zero attached hydrogens (tertiary/aromatic N) is 3. The normalized spacial score (nSPS) is 16.2. The van der Waals surface area contributed by atoms with Crippen molar-refractivity contribution in [1.82, 2.24) is 19.7 Å². The van der Waals surface area contributed by atoms with Crippen LogP contribution in [0.15, 0.2) is 48.5 Å². The van der Waals surface area contributed by atoms with Crippen LogP contribution in [0.4, 0.5) is 4.39 Å². The minimum Gasteiger partial charge on any atom is -0.354 e. The number of halogens is 1. The van der Waals surface area contributed by atoms with Crippen molar-refractivity contribution in [3.63, 3.8) is 0 Å². The van der Waals surface area contributed by atoms with Gasteiger partial charge in [-0.2, -0.15) is 0 Å². The molecule has 2 saturated heterocycles. The predicted octanol–water partition coefficient (Wildman–Crippen LogP) is 3.20. The largest absolute Gasteiger partial charge is 0.354 e. The van der Waals surface area contributed by atoms with Gasteiger partial charge in [0.1, 0.15) is 5.82 Å². The average Bonchev–Trinajstić information content (AvgIpc) is 3.55. The monoisotopic (exact) mass is 476 g/mol. The van der Waals surface area contributed by atoms with Gasteiger partial charge in [0, 0.05) is 62.3 Å². The first kappa shape index (κ1) is 23.1. The molecule has 0 spiro atoms. The van der Waals surface area contributed by atoms with Crippen LogP contribution in [0.1, 0.15) is 24.8 Å². The SMILES string of the molecule is O=C(CCc1c(-c2ccccc2)[nH]c2ccc(F)cc12)N1CCN(C(=O)C(=O)N2CCCC2)CC1. The summed E-state index contributed by atoms with van der Waals surface area (Å²) in [6.07, 6.45) is 2.63. The minimum absolute atomic E-state index is 0.00673. The molecule has 5 rings (SSSR count). The molecule has 2 fully saturated rings. The lowest BCUT2D eigenvalue weighted by Gasteiger charge is -2.35. The highest BCUT2D eigenvalue weighted by Gasteiger charge is 2.31. The summed E-state index contributed by atoms with van der Waals surface area (Å²) in [6, 6.07) is 14.5. The Morgan fingerprint density at radius 2 is 1.43 bits per heavy atom. The van der Waals surface area contributed by atoms with Crippen molar-refractivity contribution in [2.75, 3.05) is 39.3 Å². The highest BCUT2D eigenvalue weighted by atomic mass is 19.1. The molecule has 2 aliphatic rings. The number of nitrogens with one attached hydrogen (secondary N) is 1. The summed E-state index contributed by atoms with van der Waals surface area (Å²) >= 11 is 0. The minimum atomic E-state index is -0.465. The Morgan fingerprint density at radius 3 is 2.11 bits per heavy atom. The predicted molar refractivity (Wildman–Crippen MR) is 131 cm³/mol. The van der Waals surface area contributed by atoms with Crippen molar-refractivity contribution in [2.45, 2.75) is 25.7 Å². The van der Waals surface area contributed by atoms with Gasteiger partial charge in [-0.3, -0.25) is 14.4 Å². The number of likely N-dealkylation sites (tertiary alicyclic amines) is 1. The molecule has 3 heterocycles. The van der Waals surface area contributed by atoms with E-state index in [0.717, 1.165) is 40.6 Å². The number of piperazine rings is 1. The molecule has 35 heavy (non-hydrogen) atoms. The molecule has 2 aromatic carbocycles. The van der Waals surface area contributed by atoms with Gasteiger partial charge < -0.3 is 19.7 Å². The lowest BCUT2D eigenvalue weighted by atomic mass is 10.0. The van der Waals surface area contributed by atoms with Crippen LogP contribution in [0.25, 0.3) is 22.2 Å². The third-order valence-electron chi connectivity index (χ3n) is 7.02. The lowest BCUT2D eigenvalue weighted by Crippen LogP contribution is -2.54. The molecule has 0 radical (unpaired) electrons. The number of aryl methyl sites for hydroxylation is 1. The molecule has 8 heteroatoms. The lowest BCUT2D eigenvalue weighted by molar-refractivity contribution is -0.153. The molecule has 7 nitrogen and oxygen atoms in total. The first-order valence-corrected chi connectivity index (χ1v) is 12.2. The first-order chi connectivity index (χ1) is 17.0. The van der Waals surface area contributed by atoms with Crippen LogP contribution >= 0.6 is 0 Å². The Labute approximate surface area is 203 Å². The van der Waals surface area contributed by atoms with Crippen molar-refractivity contribution in [3.8, 4) is 11.3 Å². The number of aromatic nitrogens is 1. The Kier molecular flexibility index (Phi) is 6.53. The molecule has 0 atom stereocenters. The van der Waals surface area contributed by atoms with E-state index in [1.165, 1.54) is 12.1 Å². The molecule has 3 amide bonds. The summed E-state index contributed by atoms with van der Waals surface area (Å²) in [5.74, 6) is -1.21. The van der Waals surface area contributed by atoms with Crippen molar-refractivity contribution in [1.29, 1.82) is 0 Å². The topological polar surface area (TPSA) is 76.7 Å². The van der Waals surface area contributed by atoms with E-state index in [9.17, 15) is 18.8 Å². The van der Waals surface area contributed by atoms with E-state index in [1.54, 1.807) is 20.8 Å². The van der Waals surface area contributed by atoms with Gasteiger partial charge in [0.15, 0.2) is 0 Å². The fraction of sp³-hybridized carbons (Fsp3) is 0.370. The maximum atomic E-state index is 14.0. The Hall–Kier alpha value is -3.68. The fourth-order valence-corrected chi connectivity index (χ4v) is 5.07. The molecular weight excluding hydrogens is 447 g/mol. The zero-order chi connectivity index (χ0) is 24.4. The van der Waals surface area contributed by atoms with E-state index in [1.807, 2.05) is 30.3 Å². The number of benzene rings is 2. The van der Waals surface area contributed by atoms with Crippen LogP contribution in [0.2, 0.25) is 0 Å². The number of H-pyrrole nitrogens is 1. The quantitative estimate of drug-likeness (QED) is 0.588. The van der Waals surface area contributed by atoms with Crippen molar-refractivity contribution in [2.24, 2.45) is 0 Å². The highest BCUT2D eigenvalue weighted by molar-refractivity contribution is 6.35.